The van der Waals surface area contributed by atoms with Crippen molar-refractivity contribution < 1.29 is 4.92 Å². The highest BCUT2D eigenvalue weighted by Crippen LogP contribution is 2.21. The summed E-state index contributed by atoms with van der Waals surface area (Å²) >= 11 is 0. The Morgan fingerprint density at radius 3 is 2.90 bits per heavy atom. The van der Waals surface area contributed by atoms with Gasteiger partial charge in [0.05, 0.1) is 11.3 Å². The standard InChI is InChI=1S/C13H17N5O2/c1-3-7-17-8-6-15-13(17)9-10-11(18(19)20)4-5-12(14-2)16-10/h4-6,8H,3,7,9H2,1-2H3,(H,14,16). The van der Waals surface area contributed by atoms with Gasteiger partial charge in [-0.3, -0.25) is 10.1 Å². The van der Waals surface area contributed by atoms with Crippen LogP contribution >= 0.6 is 0 Å². The van der Waals surface area contributed by atoms with E-state index in [0.29, 0.717) is 17.9 Å². The van der Waals surface area contributed by atoms with Crippen molar-refractivity contribution in [2.45, 2.75) is 26.3 Å². The number of anilines is 1. The van der Waals surface area contributed by atoms with Crippen LogP contribution in [-0.2, 0) is 13.0 Å². The van der Waals surface area contributed by atoms with Crippen molar-refractivity contribution in [3.63, 3.8) is 0 Å². The molecule has 1 N–H and O–H groups in total. The summed E-state index contributed by atoms with van der Waals surface area (Å²) in [5, 5.41) is 14.0. The maximum absolute atomic E-state index is 11.1. The third-order valence-corrected chi connectivity index (χ3v) is 2.99. The molecule has 0 saturated heterocycles. The van der Waals surface area contributed by atoms with Crippen LogP contribution in [0.3, 0.4) is 0 Å². The summed E-state index contributed by atoms with van der Waals surface area (Å²) < 4.78 is 2.00. The fourth-order valence-electron chi connectivity index (χ4n) is 2.03. The number of nitrogens with one attached hydrogen (secondary N) is 1. The fraction of sp³-hybridized carbons (Fsp3) is 0.385. The molecule has 0 unspecified atom stereocenters. The van der Waals surface area contributed by atoms with Crippen molar-refractivity contribution in [1.29, 1.82) is 0 Å². The number of aryl methyl sites for hydroxylation is 1. The van der Waals surface area contributed by atoms with Crippen LogP contribution in [0.4, 0.5) is 11.5 Å². The van der Waals surface area contributed by atoms with Gasteiger partial charge >= 0.3 is 0 Å². The Labute approximate surface area is 116 Å². The minimum atomic E-state index is -0.408. The number of rotatable bonds is 6. The molecular weight excluding hydrogens is 258 g/mol. The maximum atomic E-state index is 11.1. The maximum Gasteiger partial charge on any atom is 0.291 e. The second kappa shape index (κ2) is 6.14. The average molecular weight is 275 g/mol. The minimum Gasteiger partial charge on any atom is -0.373 e. The van der Waals surface area contributed by atoms with Crippen molar-refractivity contribution in [1.82, 2.24) is 14.5 Å². The highest BCUT2D eigenvalue weighted by atomic mass is 16.6. The van der Waals surface area contributed by atoms with Gasteiger partial charge in [-0.2, -0.15) is 0 Å². The highest BCUT2D eigenvalue weighted by molar-refractivity contribution is 5.45. The lowest BCUT2D eigenvalue weighted by molar-refractivity contribution is -0.385. The van der Waals surface area contributed by atoms with Gasteiger partial charge in [0.25, 0.3) is 5.69 Å². The predicted octanol–water partition coefficient (Wildman–Crippen LogP) is 2.23. The van der Waals surface area contributed by atoms with Gasteiger partial charge in [0, 0.05) is 32.1 Å². The molecule has 0 spiro atoms. The number of nitro groups is 1. The van der Waals surface area contributed by atoms with E-state index in [0.717, 1.165) is 18.8 Å². The van der Waals surface area contributed by atoms with Crippen molar-refractivity contribution in [3.8, 4) is 0 Å². The van der Waals surface area contributed by atoms with E-state index < -0.39 is 4.92 Å². The number of aromatic nitrogens is 3. The lowest BCUT2D eigenvalue weighted by Crippen LogP contribution is -2.07. The van der Waals surface area contributed by atoms with E-state index in [1.807, 2.05) is 10.8 Å². The van der Waals surface area contributed by atoms with Gasteiger partial charge in [0.15, 0.2) is 0 Å². The number of pyridine rings is 1. The molecule has 0 aliphatic carbocycles. The van der Waals surface area contributed by atoms with Crippen LogP contribution in [0.5, 0.6) is 0 Å². The largest absolute Gasteiger partial charge is 0.373 e. The van der Waals surface area contributed by atoms with Crippen LogP contribution in [0.2, 0.25) is 0 Å². The van der Waals surface area contributed by atoms with Crippen LogP contribution in [-0.4, -0.2) is 26.5 Å². The molecule has 0 saturated carbocycles. The number of imidazole rings is 1. The average Bonchev–Trinajstić information content (AvgIpc) is 2.86. The third kappa shape index (κ3) is 2.93. The molecule has 20 heavy (non-hydrogen) atoms. The first kappa shape index (κ1) is 14.0. The molecule has 0 aromatic carbocycles. The molecule has 0 fully saturated rings. The van der Waals surface area contributed by atoms with Crippen LogP contribution in [0.1, 0.15) is 24.9 Å². The van der Waals surface area contributed by atoms with Gasteiger partial charge < -0.3 is 9.88 Å². The number of hydrogen-bond donors (Lipinski definition) is 1. The van der Waals surface area contributed by atoms with Crippen molar-refractivity contribution in [2.75, 3.05) is 12.4 Å². The summed E-state index contributed by atoms with van der Waals surface area (Å²) in [6.45, 7) is 2.92. The molecule has 106 valence electrons. The van der Waals surface area contributed by atoms with Crippen molar-refractivity contribution >= 4 is 11.5 Å². The Balaban J connectivity index is 2.35. The summed E-state index contributed by atoms with van der Waals surface area (Å²) in [7, 11) is 1.73. The highest BCUT2D eigenvalue weighted by Gasteiger charge is 2.18. The van der Waals surface area contributed by atoms with E-state index in [2.05, 4.69) is 22.2 Å². The zero-order chi connectivity index (χ0) is 14.5. The van der Waals surface area contributed by atoms with E-state index in [-0.39, 0.29) is 5.69 Å². The first-order valence-electron chi connectivity index (χ1n) is 6.47. The molecule has 2 aromatic rings. The van der Waals surface area contributed by atoms with Gasteiger partial charge in [0.1, 0.15) is 17.3 Å². The van der Waals surface area contributed by atoms with Gasteiger partial charge in [-0.05, 0) is 12.5 Å². The predicted molar refractivity (Wildman–Crippen MR) is 75.8 cm³/mol. The molecule has 0 atom stereocenters. The Morgan fingerprint density at radius 2 is 2.25 bits per heavy atom. The second-order valence-corrected chi connectivity index (χ2v) is 4.38. The molecule has 7 nitrogen and oxygen atoms in total. The molecule has 0 aliphatic rings. The molecule has 0 aliphatic heterocycles. The molecule has 2 rings (SSSR count). The first-order valence-corrected chi connectivity index (χ1v) is 6.47. The first-order chi connectivity index (χ1) is 9.65. The number of hydrogen-bond acceptors (Lipinski definition) is 5. The quantitative estimate of drug-likeness (QED) is 0.645. The van der Waals surface area contributed by atoms with Crippen LogP contribution in [0.15, 0.2) is 24.5 Å². The van der Waals surface area contributed by atoms with Gasteiger partial charge in [0.2, 0.25) is 0 Å². The molecule has 0 radical (unpaired) electrons. The zero-order valence-electron chi connectivity index (χ0n) is 11.5. The Kier molecular flexibility index (Phi) is 4.29. The molecule has 0 amide bonds. The van der Waals surface area contributed by atoms with E-state index in [4.69, 9.17) is 0 Å². The van der Waals surface area contributed by atoms with E-state index in [1.54, 1.807) is 19.3 Å². The van der Waals surface area contributed by atoms with E-state index in [9.17, 15) is 10.1 Å². The molecule has 0 bridgehead atoms. The Morgan fingerprint density at radius 1 is 1.45 bits per heavy atom. The molecule has 7 heteroatoms. The fourth-order valence-corrected chi connectivity index (χ4v) is 2.03. The smallest absolute Gasteiger partial charge is 0.291 e. The van der Waals surface area contributed by atoms with Gasteiger partial charge in [-0.15, -0.1) is 0 Å². The lowest BCUT2D eigenvalue weighted by Gasteiger charge is -2.07. The molecular formula is C13H17N5O2. The molecule has 2 aromatic heterocycles. The monoisotopic (exact) mass is 275 g/mol. The Bertz CT molecular complexity index is 609. The summed E-state index contributed by atoms with van der Waals surface area (Å²) in [6, 6.07) is 3.07. The topological polar surface area (TPSA) is 85.9 Å². The van der Waals surface area contributed by atoms with Crippen LogP contribution in [0, 0.1) is 10.1 Å². The van der Waals surface area contributed by atoms with Crippen molar-refractivity contribution in [3.05, 3.63) is 46.2 Å². The van der Waals surface area contributed by atoms with Crippen LogP contribution in [0.25, 0.3) is 0 Å². The van der Waals surface area contributed by atoms with Crippen LogP contribution < -0.4 is 5.32 Å². The van der Waals surface area contributed by atoms with E-state index in [1.165, 1.54) is 6.07 Å². The summed E-state index contributed by atoms with van der Waals surface area (Å²) in [5.74, 6) is 1.40. The summed E-state index contributed by atoms with van der Waals surface area (Å²) in [5.41, 5.74) is 0.445. The Hall–Kier alpha value is -2.44. The SMILES string of the molecule is CCCn1ccnc1Cc1nc(NC)ccc1[N+](=O)[O-]. The summed E-state index contributed by atoms with van der Waals surface area (Å²) in [4.78, 5) is 19.2. The minimum absolute atomic E-state index is 0.0232. The lowest BCUT2D eigenvalue weighted by atomic mass is 10.2. The van der Waals surface area contributed by atoms with E-state index >= 15 is 0 Å². The third-order valence-electron chi connectivity index (χ3n) is 2.99. The van der Waals surface area contributed by atoms with Gasteiger partial charge in [-0.25, -0.2) is 9.97 Å². The molecule has 2 heterocycles. The summed E-state index contributed by atoms with van der Waals surface area (Å²) in [6.07, 6.45) is 4.92. The van der Waals surface area contributed by atoms with Gasteiger partial charge in [-0.1, -0.05) is 6.92 Å². The van der Waals surface area contributed by atoms with Crippen molar-refractivity contribution in [2.24, 2.45) is 0 Å². The zero-order valence-corrected chi connectivity index (χ0v) is 11.5. The normalized spacial score (nSPS) is 10.5. The number of nitrogens with zero attached hydrogens (tertiary/aromatic N) is 4. The second-order valence-electron chi connectivity index (χ2n) is 4.38.